The van der Waals surface area contributed by atoms with Crippen molar-refractivity contribution in [3.63, 3.8) is 0 Å². The number of nitrogens with zero attached hydrogens (tertiary/aromatic N) is 1. The van der Waals surface area contributed by atoms with Gasteiger partial charge in [0.15, 0.2) is 12.4 Å². The number of carbonyl (C=O) groups excluding carboxylic acids is 3. The van der Waals surface area contributed by atoms with Crippen LogP contribution in [-0.4, -0.2) is 29.3 Å². The average Bonchev–Trinajstić information content (AvgIpc) is 2.70. The van der Waals surface area contributed by atoms with Crippen LogP contribution < -0.4 is 20.9 Å². The highest BCUT2D eigenvalue weighted by molar-refractivity contribution is 5.96. The molecule has 0 saturated heterocycles. The second-order valence-electron chi connectivity index (χ2n) is 6.74. The van der Waals surface area contributed by atoms with Crippen molar-refractivity contribution in [3.8, 4) is 5.75 Å². The smallest absolute Gasteiger partial charge is 0.310 e. The number of nitrogens with one attached hydrogen (secondary N) is 3. The van der Waals surface area contributed by atoms with E-state index in [9.17, 15) is 24.5 Å². The van der Waals surface area contributed by atoms with Crippen LogP contribution in [0.25, 0.3) is 0 Å². The van der Waals surface area contributed by atoms with Crippen LogP contribution in [0.4, 0.5) is 11.4 Å². The molecular weight excluding hydrogens is 392 g/mol. The number of hydrogen-bond acceptors (Lipinski definition) is 6. The molecule has 0 spiro atoms. The first kappa shape index (κ1) is 22.3. The Labute approximate surface area is 172 Å². The molecule has 10 nitrogen and oxygen atoms in total. The SMILES string of the molecule is CC(C)CC(=O)Nc1ccc(C(=O)NNC(=O)COc2ccccc2[N+](=O)[O-])cc1. The normalized spacial score (nSPS) is 10.2. The van der Waals surface area contributed by atoms with Crippen molar-refractivity contribution in [2.45, 2.75) is 20.3 Å². The van der Waals surface area contributed by atoms with Crippen molar-refractivity contribution < 1.29 is 24.0 Å². The third-order valence-corrected chi connectivity index (χ3v) is 3.76. The van der Waals surface area contributed by atoms with Gasteiger partial charge in [-0.2, -0.15) is 0 Å². The maximum Gasteiger partial charge on any atom is 0.310 e. The summed E-state index contributed by atoms with van der Waals surface area (Å²) in [5, 5.41) is 13.6. The molecule has 2 aromatic carbocycles. The number of anilines is 1. The summed E-state index contributed by atoms with van der Waals surface area (Å²) >= 11 is 0. The second kappa shape index (κ2) is 10.6. The first-order valence-corrected chi connectivity index (χ1v) is 9.11. The molecule has 3 amide bonds. The van der Waals surface area contributed by atoms with Gasteiger partial charge in [-0.3, -0.25) is 35.3 Å². The van der Waals surface area contributed by atoms with Crippen LogP contribution in [0.15, 0.2) is 48.5 Å². The van der Waals surface area contributed by atoms with Gasteiger partial charge in [-0.25, -0.2) is 0 Å². The van der Waals surface area contributed by atoms with Crippen molar-refractivity contribution in [2.24, 2.45) is 5.92 Å². The largest absolute Gasteiger partial charge is 0.477 e. The van der Waals surface area contributed by atoms with E-state index in [1.807, 2.05) is 13.8 Å². The van der Waals surface area contributed by atoms with E-state index in [4.69, 9.17) is 4.74 Å². The molecule has 158 valence electrons. The van der Waals surface area contributed by atoms with Gasteiger partial charge < -0.3 is 10.1 Å². The molecular formula is C20H22N4O6. The number of carbonyl (C=O) groups is 3. The van der Waals surface area contributed by atoms with E-state index in [1.54, 1.807) is 12.1 Å². The molecule has 0 aliphatic rings. The number of nitro groups is 1. The van der Waals surface area contributed by atoms with E-state index >= 15 is 0 Å². The molecule has 0 atom stereocenters. The molecule has 0 saturated carbocycles. The summed E-state index contributed by atoms with van der Waals surface area (Å²) in [7, 11) is 0. The summed E-state index contributed by atoms with van der Waals surface area (Å²) in [5.41, 5.74) is 4.93. The van der Waals surface area contributed by atoms with Crippen molar-refractivity contribution in [3.05, 3.63) is 64.2 Å². The standard InChI is InChI=1S/C20H22N4O6/c1-13(2)11-18(25)21-15-9-7-14(8-10-15)20(27)23-22-19(26)12-30-17-6-4-3-5-16(17)24(28)29/h3-10,13H,11-12H2,1-2H3,(H,21,25)(H,22,26)(H,23,27). The van der Waals surface area contributed by atoms with Crippen molar-refractivity contribution in [1.82, 2.24) is 10.9 Å². The molecule has 0 unspecified atom stereocenters. The van der Waals surface area contributed by atoms with Gasteiger partial charge in [0.2, 0.25) is 5.91 Å². The second-order valence-corrected chi connectivity index (χ2v) is 6.74. The van der Waals surface area contributed by atoms with Gasteiger partial charge >= 0.3 is 5.69 Å². The zero-order chi connectivity index (χ0) is 22.1. The molecule has 0 fully saturated rings. The van der Waals surface area contributed by atoms with Crippen LogP contribution in [0.1, 0.15) is 30.6 Å². The van der Waals surface area contributed by atoms with Crippen LogP contribution in [0.5, 0.6) is 5.75 Å². The van der Waals surface area contributed by atoms with E-state index in [0.29, 0.717) is 12.1 Å². The van der Waals surface area contributed by atoms with E-state index in [0.717, 1.165) is 0 Å². The first-order valence-electron chi connectivity index (χ1n) is 9.11. The first-order chi connectivity index (χ1) is 14.3. The van der Waals surface area contributed by atoms with Gasteiger partial charge in [0.05, 0.1) is 4.92 Å². The minimum Gasteiger partial charge on any atom is -0.477 e. The highest BCUT2D eigenvalue weighted by Crippen LogP contribution is 2.25. The minimum atomic E-state index is -0.695. The third-order valence-electron chi connectivity index (χ3n) is 3.76. The third kappa shape index (κ3) is 6.89. The number of hydrogen-bond donors (Lipinski definition) is 3. The van der Waals surface area contributed by atoms with Gasteiger partial charge in [-0.15, -0.1) is 0 Å². The lowest BCUT2D eigenvalue weighted by Crippen LogP contribution is -2.43. The lowest BCUT2D eigenvalue weighted by Gasteiger charge is -2.10. The van der Waals surface area contributed by atoms with E-state index in [-0.39, 0.29) is 28.8 Å². The molecule has 2 rings (SSSR count). The Hall–Kier alpha value is -3.95. The van der Waals surface area contributed by atoms with Gasteiger partial charge in [-0.1, -0.05) is 26.0 Å². The minimum absolute atomic E-state index is 0.0564. The number of amides is 3. The Morgan fingerprint density at radius 2 is 1.67 bits per heavy atom. The van der Waals surface area contributed by atoms with Crippen LogP contribution in [-0.2, 0) is 9.59 Å². The fourth-order valence-electron chi connectivity index (χ4n) is 2.40. The fraction of sp³-hybridized carbons (Fsp3) is 0.250. The van der Waals surface area contributed by atoms with E-state index in [1.165, 1.54) is 36.4 Å². The summed E-state index contributed by atoms with van der Waals surface area (Å²) in [6.45, 7) is 3.35. The fourth-order valence-corrected chi connectivity index (χ4v) is 2.40. The Balaban J connectivity index is 1.82. The summed E-state index contributed by atoms with van der Waals surface area (Å²) < 4.78 is 5.13. The molecule has 0 aromatic heterocycles. The van der Waals surface area contributed by atoms with E-state index < -0.39 is 23.3 Å². The summed E-state index contributed by atoms with van der Waals surface area (Å²) in [6.07, 6.45) is 0.391. The lowest BCUT2D eigenvalue weighted by atomic mass is 10.1. The number of ether oxygens (including phenoxy) is 1. The Morgan fingerprint density at radius 3 is 2.30 bits per heavy atom. The van der Waals surface area contributed by atoms with Crippen molar-refractivity contribution in [1.29, 1.82) is 0 Å². The summed E-state index contributed by atoms with van der Waals surface area (Å²) in [4.78, 5) is 46.0. The maximum absolute atomic E-state index is 12.1. The summed E-state index contributed by atoms with van der Waals surface area (Å²) in [5.74, 6) is -1.21. The zero-order valence-corrected chi connectivity index (χ0v) is 16.5. The molecule has 0 aliphatic carbocycles. The Kier molecular flexibility index (Phi) is 7.86. The average molecular weight is 414 g/mol. The van der Waals surface area contributed by atoms with E-state index in [2.05, 4.69) is 16.2 Å². The molecule has 0 bridgehead atoms. The van der Waals surface area contributed by atoms with Gasteiger partial charge in [0.1, 0.15) is 0 Å². The number of para-hydroxylation sites is 2. The molecule has 0 aliphatic heterocycles. The Morgan fingerprint density at radius 1 is 1.00 bits per heavy atom. The summed E-state index contributed by atoms with van der Waals surface area (Å²) in [6, 6.07) is 11.8. The molecule has 2 aromatic rings. The molecule has 30 heavy (non-hydrogen) atoms. The predicted molar refractivity (Wildman–Crippen MR) is 109 cm³/mol. The van der Waals surface area contributed by atoms with Crippen molar-refractivity contribution >= 4 is 29.1 Å². The monoisotopic (exact) mass is 414 g/mol. The van der Waals surface area contributed by atoms with Gasteiger partial charge in [0.25, 0.3) is 11.8 Å². The highest BCUT2D eigenvalue weighted by atomic mass is 16.6. The van der Waals surface area contributed by atoms with Crippen LogP contribution in [0.3, 0.4) is 0 Å². The Bertz CT molecular complexity index is 927. The van der Waals surface area contributed by atoms with Crippen LogP contribution in [0, 0.1) is 16.0 Å². The molecule has 10 heteroatoms. The zero-order valence-electron chi connectivity index (χ0n) is 16.5. The number of hydrazine groups is 1. The van der Waals surface area contributed by atoms with Crippen molar-refractivity contribution in [2.75, 3.05) is 11.9 Å². The van der Waals surface area contributed by atoms with Gasteiger partial charge in [-0.05, 0) is 36.2 Å². The molecule has 3 N–H and O–H groups in total. The molecule has 0 heterocycles. The van der Waals surface area contributed by atoms with Crippen LogP contribution >= 0.6 is 0 Å². The molecule has 0 radical (unpaired) electrons. The number of nitro benzene ring substituents is 1. The lowest BCUT2D eigenvalue weighted by molar-refractivity contribution is -0.385. The predicted octanol–water partition coefficient (Wildman–Crippen LogP) is 2.42. The quantitative estimate of drug-likeness (QED) is 0.448. The topological polar surface area (TPSA) is 140 Å². The van der Waals surface area contributed by atoms with Gasteiger partial charge in [0, 0.05) is 23.7 Å². The van der Waals surface area contributed by atoms with Crippen LogP contribution in [0.2, 0.25) is 0 Å². The number of benzene rings is 2. The highest BCUT2D eigenvalue weighted by Gasteiger charge is 2.15. The number of rotatable bonds is 8. The maximum atomic E-state index is 12.1.